The standard InChI is InChI=1S/C19H23N5O3/c1-13-9-10-22(18-8-3-2-7-16(13)18)19(25)17-12-23(21-20-17)14-5-4-6-15(11-14)24(26)27/h4-6,11-13,16,18H,2-3,7-10H2,1H3/t13-,16-,18-/m1/s1. The average Bonchev–Trinajstić information content (AvgIpc) is 3.18. The van der Waals surface area contributed by atoms with Crippen molar-refractivity contribution < 1.29 is 9.72 Å². The van der Waals surface area contributed by atoms with Crippen LogP contribution >= 0.6 is 0 Å². The largest absolute Gasteiger partial charge is 0.334 e. The number of nitrogens with zero attached hydrogens (tertiary/aromatic N) is 5. The van der Waals surface area contributed by atoms with E-state index in [2.05, 4.69) is 17.2 Å². The van der Waals surface area contributed by atoms with Gasteiger partial charge in [-0.15, -0.1) is 5.10 Å². The first kappa shape index (κ1) is 17.6. The maximum Gasteiger partial charge on any atom is 0.276 e. The van der Waals surface area contributed by atoms with E-state index in [0.29, 0.717) is 23.2 Å². The van der Waals surface area contributed by atoms with Crippen molar-refractivity contribution in [3.8, 4) is 5.69 Å². The van der Waals surface area contributed by atoms with Crippen molar-refractivity contribution in [3.05, 3.63) is 46.3 Å². The zero-order valence-electron chi connectivity index (χ0n) is 15.3. The van der Waals surface area contributed by atoms with E-state index in [9.17, 15) is 14.9 Å². The fraction of sp³-hybridized carbons (Fsp3) is 0.526. The molecule has 1 aliphatic carbocycles. The Bertz CT molecular complexity index is 865. The van der Waals surface area contributed by atoms with Crippen LogP contribution in [-0.4, -0.2) is 43.3 Å². The molecule has 3 atom stereocenters. The lowest BCUT2D eigenvalue weighted by atomic mass is 9.72. The minimum Gasteiger partial charge on any atom is -0.334 e. The van der Waals surface area contributed by atoms with Crippen LogP contribution in [0.25, 0.3) is 5.69 Å². The molecule has 0 spiro atoms. The summed E-state index contributed by atoms with van der Waals surface area (Å²) in [5.74, 6) is 1.14. The first-order chi connectivity index (χ1) is 13.0. The average molecular weight is 369 g/mol. The van der Waals surface area contributed by atoms with Crippen molar-refractivity contribution in [1.29, 1.82) is 0 Å². The second-order valence-electron chi connectivity index (χ2n) is 7.61. The lowest BCUT2D eigenvalue weighted by Crippen LogP contribution is -2.52. The second-order valence-corrected chi connectivity index (χ2v) is 7.61. The number of nitro benzene ring substituents is 1. The molecule has 4 rings (SSSR count). The van der Waals surface area contributed by atoms with Crippen LogP contribution in [0.3, 0.4) is 0 Å². The first-order valence-electron chi connectivity index (χ1n) is 9.53. The quantitative estimate of drug-likeness (QED) is 0.611. The fourth-order valence-electron chi connectivity index (χ4n) is 4.55. The summed E-state index contributed by atoms with van der Waals surface area (Å²) in [7, 11) is 0. The van der Waals surface area contributed by atoms with Gasteiger partial charge in [0.2, 0.25) is 0 Å². The molecule has 0 radical (unpaired) electrons. The molecule has 8 heteroatoms. The lowest BCUT2D eigenvalue weighted by molar-refractivity contribution is -0.384. The van der Waals surface area contributed by atoms with Crippen LogP contribution in [-0.2, 0) is 0 Å². The Hall–Kier alpha value is -2.77. The Morgan fingerprint density at radius 3 is 2.89 bits per heavy atom. The number of rotatable bonds is 3. The maximum absolute atomic E-state index is 13.1. The molecule has 1 saturated carbocycles. The summed E-state index contributed by atoms with van der Waals surface area (Å²) in [6, 6.07) is 6.43. The monoisotopic (exact) mass is 369 g/mol. The Labute approximate surface area is 157 Å². The molecular weight excluding hydrogens is 346 g/mol. The predicted molar refractivity (Wildman–Crippen MR) is 98.6 cm³/mol. The van der Waals surface area contributed by atoms with Gasteiger partial charge in [-0.2, -0.15) is 0 Å². The number of aromatic nitrogens is 3. The predicted octanol–water partition coefficient (Wildman–Crippen LogP) is 3.22. The maximum atomic E-state index is 13.1. The highest BCUT2D eigenvalue weighted by atomic mass is 16.6. The molecule has 2 aromatic rings. The Morgan fingerprint density at radius 1 is 1.26 bits per heavy atom. The molecule has 2 fully saturated rings. The van der Waals surface area contributed by atoms with Gasteiger partial charge in [0.1, 0.15) is 0 Å². The third kappa shape index (κ3) is 3.31. The van der Waals surface area contributed by atoms with Gasteiger partial charge in [-0.1, -0.05) is 31.0 Å². The fourth-order valence-corrected chi connectivity index (χ4v) is 4.55. The highest BCUT2D eigenvalue weighted by Crippen LogP contribution is 2.39. The van der Waals surface area contributed by atoms with Crippen molar-refractivity contribution in [2.24, 2.45) is 11.8 Å². The summed E-state index contributed by atoms with van der Waals surface area (Å²) in [5.41, 5.74) is 0.782. The minimum atomic E-state index is -0.454. The number of benzene rings is 1. The summed E-state index contributed by atoms with van der Waals surface area (Å²) < 4.78 is 1.42. The molecular formula is C19H23N5O3. The number of carbonyl (C=O) groups excluding carboxylic acids is 1. The molecule has 0 unspecified atom stereocenters. The number of fused-ring (bicyclic) bond motifs is 1. The Morgan fingerprint density at radius 2 is 2.07 bits per heavy atom. The van der Waals surface area contributed by atoms with Crippen molar-refractivity contribution >= 4 is 11.6 Å². The molecule has 2 heterocycles. The number of non-ortho nitro benzene ring substituents is 1. The van der Waals surface area contributed by atoms with Crippen molar-refractivity contribution in [3.63, 3.8) is 0 Å². The summed E-state index contributed by atoms with van der Waals surface area (Å²) in [5, 5.41) is 19.0. The van der Waals surface area contributed by atoms with Crippen LogP contribution in [0.15, 0.2) is 30.5 Å². The molecule has 0 bridgehead atoms. The minimum absolute atomic E-state index is 0.0223. The van der Waals surface area contributed by atoms with E-state index >= 15 is 0 Å². The van der Waals surface area contributed by atoms with Crippen LogP contribution < -0.4 is 0 Å². The molecule has 1 aliphatic heterocycles. The highest BCUT2D eigenvalue weighted by molar-refractivity contribution is 5.92. The van der Waals surface area contributed by atoms with Gasteiger partial charge in [-0.05, 0) is 37.2 Å². The Kier molecular flexibility index (Phi) is 4.63. The van der Waals surface area contributed by atoms with Gasteiger partial charge in [0.05, 0.1) is 16.8 Å². The van der Waals surface area contributed by atoms with Crippen LogP contribution in [0.1, 0.15) is 49.5 Å². The molecule has 27 heavy (non-hydrogen) atoms. The van der Waals surface area contributed by atoms with E-state index in [-0.39, 0.29) is 17.6 Å². The molecule has 1 amide bonds. The van der Waals surface area contributed by atoms with E-state index in [0.717, 1.165) is 25.8 Å². The van der Waals surface area contributed by atoms with Crippen LogP contribution in [0.5, 0.6) is 0 Å². The number of nitro groups is 1. The number of hydrogen-bond acceptors (Lipinski definition) is 5. The van der Waals surface area contributed by atoms with Crippen LogP contribution in [0.2, 0.25) is 0 Å². The van der Waals surface area contributed by atoms with Crippen LogP contribution in [0, 0.1) is 22.0 Å². The lowest BCUT2D eigenvalue weighted by Gasteiger charge is -2.47. The third-order valence-corrected chi connectivity index (χ3v) is 6.02. The van der Waals surface area contributed by atoms with E-state index in [1.165, 1.54) is 29.7 Å². The summed E-state index contributed by atoms with van der Waals surface area (Å²) in [6.45, 7) is 3.05. The zero-order valence-corrected chi connectivity index (χ0v) is 15.3. The molecule has 8 nitrogen and oxygen atoms in total. The number of carbonyl (C=O) groups is 1. The van der Waals surface area contributed by atoms with Crippen LogP contribution in [0.4, 0.5) is 5.69 Å². The summed E-state index contributed by atoms with van der Waals surface area (Å²) in [6.07, 6.45) is 7.24. The molecule has 1 saturated heterocycles. The normalized spacial score (nSPS) is 25.1. The zero-order chi connectivity index (χ0) is 19.0. The molecule has 142 valence electrons. The topological polar surface area (TPSA) is 94.2 Å². The van der Waals surface area contributed by atoms with Gasteiger partial charge in [-0.3, -0.25) is 14.9 Å². The van der Waals surface area contributed by atoms with Gasteiger partial charge in [-0.25, -0.2) is 4.68 Å². The van der Waals surface area contributed by atoms with E-state index in [4.69, 9.17) is 0 Å². The highest BCUT2D eigenvalue weighted by Gasteiger charge is 2.40. The van der Waals surface area contributed by atoms with Crippen molar-refractivity contribution in [2.75, 3.05) is 6.54 Å². The van der Waals surface area contributed by atoms with E-state index in [1.807, 2.05) is 4.90 Å². The number of likely N-dealkylation sites (tertiary alicyclic amines) is 1. The van der Waals surface area contributed by atoms with Gasteiger partial charge >= 0.3 is 0 Å². The van der Waals surface area contributed by atoms with Gasteiger partial charge < -0.3 is 4.90 Å². The number of hydrogen-bond donors (Lipinski definition) is 0. The summed E-state index contributed by atoms with van der Waals surface area (Å²) in [4.78, 5) is 25.6. The van der Waals surface area contributed by atoms with Gasteiger partial charge in [0, 0.05) is 24.7 Å². The third-order valence-electron chi connectivity index (χ3n) is 6.02. The number of piperidine rings is 1. The number of amides is 1. The van der Waals surface area contributed by atoms with E-state index in [1.54, 1.807) is 18.3 Å². The van der Waals surface area contributed by atoms with Gasteiger partial charge in [0.25, 0.3) is 11.6 Å². The molecule has 0 N–H and O–H groups in total. The SMILES string of the molecule is C[C@@H]1CCN(C(=O)c2cn(-c3cccc([N+](=O)[O-])c3)nn2)[C@@H]2CCCC[C@H]12. The Balaban J connectivity index is 1.57. The first-order valence-corrected chi connectivity index (χ1v) is 9.53. The van der Waals surface area contributed by atoms with E-state index < -0.39 is 4.92 Å². The van der Waals surface area contributed by atoms with Gasteiger partial charge in [0.15, 0.2) is 5.69 Å². The second kappa shape index (κ2) is 7.09. The van der Waals surface area contributed by atoms with Crippen molar-refractivity contribution in [2.45, 2.75) is 45.1 Å². The smallest absolute Gasteiger partial charge is 0.276 e. The summed E-state index contributed by atoms with van der Waals surface area (Å²) >= 11 is 0. The molecule has 2 aliphatic rings. The van der Waals surface area contributed by atoms with Crippen molar-refractivity contribution in [1.82, 2.24) is 19.9 Å². The molecule has 1 aromatic heterocycles. The molecule has 1 aromatic carbocycles.